The van der Waals surface area contributed by atoms with Crippen LogP contribution in [0.5, 0.6) is 0 Å². The third-order valence-corrected chi connectivity index (χ3v) is 2.88. The van der Waals surface area contributed by atoms with E-state index in [0.717, 1.165) is 0 Å². The molecule has 0 aliphatic rings. The molecule has 0 spiro atoms. The summed E-state index contributed by atoms with van der Waals surface area (Å²) >= 11 is 0. The molecule has 1 aromatic carbocycles. The van der Waals surface area contributed by atoms with Gasteiger partial charge in [-0.05, 0) is 37.1 Å². The van der Waals surface area contributed by atoms with Crippen LogP contribution < -0.4 is 0 Å². The smallest absolute Gasteiger partial charge is 0.0491 e. The van der Waals surface area contributed by atoms with Crippen LogP contribution in [-0.2, 0) is 0 Å². The molecule has 3 rings (SSSR count). The van der Waals surface area contributed by atoms with Gasteiger partial charge in [0.2, 0.25) is 0 Å². The highest BCUT2D eigenvalue weighted by Crippen LogP contribution is 2.29. The van der Waals surface area contributed by atoms with Crippen LogP contribution in [0.3, 0.4) is 0 Å². The summed E-state index contributed by atoms with van der Waals surface area (Å²) in [4.78, 5) is 6.58. The normalized spacial score (nSPS) is 11.6. The second-order valence-electron chi connectivity index (χ2n) is 3.85. The van der Waals surface area contributed by atoms with Crippen LogP contribution in [0.4, 0.5) is 0 Å². The van der Waals surface area contributed by atoms with E-state index in [9.17, 15) is 0 Å². The fourth-order valence-electron chi connectivity index (χ4n) is 2.21. The minimum absolute atomic E-state index is 1.23. The Balaban J connectivity index is 2.69. The molecule has 0 atom stereocenters. The maximum atomic E-state index is 3.30. The van der Waals surface area contributed by atoms with Gasteiger partial charge in [0.25, 0.3) is 0 Å². The fourth-order valence-corrected chi connectivity index (χ4v) is 2.21. The molecule has 2 heterocycles. The van der Waals surface area contributed by atoms with E-state index in [4.69, 9.17) is 0 Å². The van der Waals surface area contributed by atoms with E-state index in [2.05, 4.69) is 42.1 Å². The van der Waals surface area contributed by atoms with Crippen LogP contribution in [0.15, 0.2) is 24.5 Å². The molecular formula is C12H12N2. The summed E-state index contributed by atoms with van der Waals surface area (Å²) < 4.78 is 0. The molecule has 2 nitrogen and oxygen atoms in total. The van der Waals surface area contributed by atoms with E-state index >= 15 is 0 Å². The Bertz CT molecular complexity index is 614. The minimum Gasteiger partial charge on any atom is -0.361 e. The van der Waals surface area contributed by atoms with E-state index in [0.29, 0.717) is 0 Å². The van der Waals surface area contributed by atoms with Gasteiger partial charge < -0.3 is 9.97 Å². The fraction of sp³-hybridized carbons (Fsp3) is 0.167. The van der Waals surface area contributed by atoms with Crippen LogP contribution in [0.2, 0.25) is 0 Å². The maximum Gasteiger partial charge on any atom is 0.0491 e. The van der Waals surface area contributed by atoms with Gasteiger partial charge in [0, 0.05) is 34.2 Å². The van der Waals surface area contributed by atoms with Gasteiger partial charge in [0.05, 0.1) is 0 Å². The summed E-state index contributed by atoms with van der Waals surface area (Å²) in [5.74, 6) is 0. The van der Waals surface area contributed by atoms with Crippen molar-refractivity contribution in [1.29, 1.82) is 0 Å². The van der Waals surface area contributed by atoms with Gasteiger partial charge in [-0.25, -0.2) is 0 Å². The molecule has 0 saturated carbocycles. The van der Waals surface area contributed by atoms with Gasteiger partial charge in [-0.2, -0.15) is 0 Å². The van der Waals surface area contributed by atoms with E-state index in [1.807, 2.05) is 6.20 Å². The van der Waals surface area contributed by atoms with Crippen molar-refractivity contribution in [1.82, 2.24) is 9.97 Å². The molecule has 0 amide bonds. The molecule has 3 aromatic rings. The predicted octanol–water partition coefficient (Wildman–Crippen LogP) is 3.27. The van der Waals surface area contributed by atoms with Gasteiger partial charge in [-0.3, -0.25) is 0 Å². The Kier molecular flexibility index (Phi) is 1.32. The van der Waals surface area contributed by atoms with Gasteiger partial charge in [0.1, 0.15) is 0 Å². The quantitative estimate of drug-likeness (QED) is 0.537. The van der Waals surface area contributed by atoms with Crippen molar-refractivity contribution in [2.45, 2.75) is 13.8 Å². The predicted molar refractivity (Wildman–Crippen MR) is 59.6 cm³/mol. The number of rotatable bonds is 0. The average Bonchev–Trinajstić information content (AvgIpc) is 2.72. The maximum absolute atomic E-state index is 3.30. The van der Waals surface area contributed by atoms with Crippen molar-refractivity contribution < 1.29 is 0 Å². The highest BCUT2D eigenvalue weighted by Gasteiger charge is 2.07. The van der Waals surface area contributed by atoms with Crippen molar-refractivity contribution in [3.05, 3.63) is 35.7 Å². The molecule has 14 heavy (non-hydrogen) atoms. The second-order valence-corrected chi connectivity index (χ2v) is 3.85. The number of hydrogen-bond acceptors (Lipinski definition) is 0. The Morgan fingerprint density at radius 3 is 2.79 bits per heavy atom. The molecule has 0 radical (unpaired) electrons. The zero-order chi connectivity index (χ0) is 9.71. The zero-order valence-electron chi connectivity index (χ0n) is 8.31. The Hall–Kier alpha value is -1.70. The number of benzene rings is 1. The number of aryl methyl sites for hydroxylation is 2. The summed E-state index contributed by atoms with van der Waals surface area (Å²) in [6.07, 6.45) is 4.07. The van der Waals surface area contributed by atoms with Crippen molar-refractivity contribution in [3.8, 4) is 0 Å². The largest absolute Gasteiger partial charge is 0.361 e. The number of nitrogens with one attached hydrogen (secondary N) is 2. The van der Waals surface area contributed by atoms with Gasteiger partial charge >= 0.3 is 0 Å². The zero-order valence-corrected chi connectivity index (χ0v) is 8.31. The van der Waals surface area contributed by atoms with E-state index < -0.39 is 0 Å². The molecule has 2 aromatic heterocycles. The topological polar surface area (TPSA) is 31.6 Å². The molecule has 0 fully saturated rings. The van der Waals surface area contributed by atoms with Crippen molar-refractivity contribution >= 4 is 21.8 Å². The third-order valence-electron chi connectivity index (χ3n) is 2.88. The number of fused-ring (bicyclic) bond motifs is 3. The van der Waals surface area contributed by atoms with Crippen LogP contribution in [0, 0.1) is 13.8 Å². The highest BCUT2D eigenvalue weighted by atomic mass is 14.7. The lowest BCUT2D eigenvalue weighted by Gasteiger charge is -1.99. The Morgan fingerprint density at radius 1 is 1.07 bits per heavy atom. The first-order chi connectivity index (χ1) is 6.77. The van der Waals surface area contributed by atoms with Crippen LogP contribution in [0.25, 0.3) is 21.8 Å². The van der Waals surface area contributed by atoms with Gasteiger partial charge in [-0.15, -0.1) is 0 Å². The van der Waals surface area contributed by atoms with E-state index in [1.165, 1.54) is 32.9 Å². The van der Waals surface area contributed by atoms with Crippen molar-refractivity contribution in [2.24, 2.45) is 0 Å². The van der Waals surface area contributed by atoms with Gasteiger partial charge in [-0.1, -0.05) is 0 Å². The Morgan fingerprint density at radius 2 is 1.93 bits per heavy atom. The molecule has 70 valence electrons. The average molecular weight is 184 g/mol. The summed E-state index contributed by atoms with van der Waals surface area (Å²) in [6, 6.07) is 4.34. The minimum atomic E-state index is 1.23. The Labute approximate surface area is 81.9 Å². The molecule has 0 unspecified atom stereocenters. The summed E-state index contributed by atoms with van der Waals surface area (Å²) in [5.41, 5.74) is 5.08. The summed E-state index contributed by atoms with van der Waals surface area (Å²) in [5, 5.41) is 2.66. The van der Waals surface area contributed by atoms with Gasteiger partial charge in [0.15, 0.2) is 0 Å². The lowest BCUT2D eigenvalue weighted by atomic mass is 10.1. The summed E-state index contributed by atoms with van der Waals surface area (Å²) in [7, 11) is 0. The molecule has 2 heteroatoms. The van der Waals surface area contributed by atoms with Crippen LogP contribution in [-0.4, -0.2) is 9.97 Å². The second kappa shape index (κ2) is 2.41. The first-order valence-corrected chi connectivity index (χ1v) is 4.82. The lowest BCUT2D eigenvalue weighted by Crippen LogP contribution is -1.78. The number of H-pyrrole nitrogens is 2. The van der Waals surface area contributed by atoms with Crippen LogP contribution >= 0.6 is 0 Å². The van der Waals surface area contributed by atoms with Crippen LogP contribution in [0.1, 0.15) is 11.1 Å². The van der Waals surface area contributed by atoms with E-state index in [1.54, 1.807) is 0 Å². The lowest BCUT2D eigenvalue weighted by molar-refractivity contribution is 1.40. The SMILES string of the molecule is Cc1cc2[nH]cc(C)c2c2cc[nH]c12. The van der Waals surface area contributed by atoms with Crippen molar-refractivity contribution in [2.75, 3.05) is 0 Å². The van der Waals surface area contributed by atoms with Crippen molar-refractivity contribution in [3.63, 3.8) is 0 Å². The monoisotopic (exact) mass is 184 g/mol. The molecule has 2 N–H and O–H groups in total. The van der Waals surface area contributed by atoms with E-state index in [-0.39, 0.29) is 0 Å². The standard InChI is InChI=1S/C12H12N2/c1-7-5-10-11(8(2)6-14-10)9-3-4-13-12(7)9/h3-6,13-14H,1-2H3. The molecule has 0 saturated heterocycles. The first-order valence-electron chi connectivity index (χ1n) is 4.82. The number of aromatic amines is 2. The number of hydrogen-bond donors (Lipinski definition) is 2. The third kappa shape index (κ3) is 0.803. The molecule has 0 bridgehead atoms. The first kappa shape index (κ1) is 7.68. The molecular weight excluding hydrogens is 172 g/mol. The summed E-state index contributed by atoms with van der Waals surface area (Å²) in [6.45, 7) is 4.27. The number of aromatic nitrogens is 2. The highest BCUT2D eigenvalue weighted by molar-refractivity contribution is 6.08. The molecule has 0 aliphatic heterocycles. The molecule has 0 aliphatic carbocycles.